The Kier molecular flexibility index (Phi) is 4.82. The van der Waals surface area contributed by atoms with Crippen LogP contribution < -0.4 is 15.5 Å². The molecule has 8 heteroatoms. The molecule has 2 aliphatic rings. The normalized spacial score (nSPS) is 18.0. The number of aromatic nitrogens is 4. The number of rotatable bonds is 7. The molecule has 1 aromatic carbocycles. The van der Waals surface area contributed by atoms with Gasteiger partial charge in [0.05, 0.1) is 5.69 Å². The highest BCUT2D eigenvalue weighted by Gasteiger charge is 2.35. The summed E-state index contributed by atoms with van der Waals surface area (Å²) >= 11 is 0. The Balaban J connectivity index is 1.43. The van der Waals surface area contributed by atoms with Crippen molar-refractivity contribution in [3.05, 3.63) is 59.4 Å². The van der Waals surface area contributed by atoms with Gasteiger partial charge in [-0.05, 0) is 24.8 Å². The number of anilines is 3. The van der Waals surface area contributed by atoms with Crippen LogP contribution in [-0.2, 0) is 11.2 Å². The number of aromatic amines is 1. The second-order valence-corrected chi connectivity index (χ2v) is 7.93. The van der Waals surface area contributed by atoms with Crippen LogP contribution in [0.3, 0.4) is 0 Å². The lowest BCUT2D eigenvalue weighted by molar-refractivity contribution is -0.123. The van der Waals surface area contributed by atoms with E-state index in [1.807, 2.05) is 35.2 Å². The van der Waals surface area contributed by atoms with E-state index in [0.717, 1.165) is 24.5 Å². The number of amides is 1. The standard InChI is InChI=1S/C22H25N7O/c1-23-21(30)18-9-10-29(18)22-24-16(11-14-5-3-2-4-6-14)12-19(26-22)25-20-13-17(27-28-20)15-7-8-15/h2-6,12-13,15,18H,7-11H2,1H3,(H,23,30)(H2,24,25,26,27,28)/t18-/m0/s1. The number of hydrogen-bond acceptors (Lipinski definition) is 6. The molecule has 30 heavy (non-hydrogen) atoms. The van der Waals surface area contributed by atoms with Crippen molar-refractivity contribution >= 4 is 23.5 Å². The molecule has 8 nitrogen and oxygen atoms in total. The molecule has 3 heterocycles. The van der Waals surface area contributed by atoms with E-state index < -0.39 is 0 Å². The molecule has 154 valence electrons. The van der Waals surface area contributed by atoms with Gasteiger partial charge in [0.2, 0.25) is 11.9 Å². The number of benzene rings is 1. The van der Waals surface area contributed by atoms with Crippen molar-refractivity contribution in [2.24, 2.45) is 0 Å². The quantitative estimate of drug-likeness (QED) is 0.561. The Morgan fingerprint density at radius 3 is 2.67 bits per heavy atom. The highest BCUT2D eigenvalue weighted by Crippen LogP contribution is 2.39. The van der Waals surface area contributed by atoms with Crippen molar-refractivity contribution in [3.63, 3.8) is 0 Å². The van der Waals surface area contributed by atoms with E-state index in [4.69, 9.17) is 9.97 Å². The summed E-state index contributed by atoms with van der Waals surface area (Å²) in [6.07, 6.45) is 3.93. The fourth-order valence-electron chi connectivity index (χ4n) is 3.77. The van der Waals surface area contributed by atoms with Gasteiger partial charge in [-0.15, -0.1) is 0 Å². The second kappa shape index (κ2) is 7.78. The number of H-pyrrole nitrogens is 1. The molecule has 3 aromatic rings. The van der Waals surface area contributed by atoms with Crippen LogP contribution in [0.4, 0.5) is 17.6 Å². The van der Waals surface area contributed by atoms with Crippen LogP contribution in [-0.4, -0.2) is 45.7 Å². The van der Waals surface area contributed by atoms with Crippen molar-refractivity contribution in [3.8, 4) is 0 Å². The fraction of sp³-hybridized carbons (Fsp3) is 0.364. The molecule has 1 atom stereocenters. The molecule has 0 bridgehead atoms. The van der Waals surface area contributed by atoms with Crippen LogP contribution in [0.2, 0.25) is 0 Å². The van der Waals surface area contributed by atoms with Gasteiger partial charge in [0, 0.05) is 43.8 Å². The third-order valence-corrected chi connectivity index (χ3v) is 5.69. The topological polar surface area (TPSA) is 98.8 Å². The monoisotopic (exact) mass is 403 g/mol. The van der Waals surface area contributed by atoms with E-state index in [1.54, 1.807) is 7.05 Å². The number of nitrogens with zero attached hydrogens (tertiary/aromatic N) is 4. The smallest absolute Gasteiger partial charge is 0.242 e. The van der Waals surface area contributed by atoms with Gasteiger partial charge in [0.1, 0.15) is 11.9 Å². The van der Waals surface area contributed by atoms with Crippen LogP contribution in [0, 0.1) is 0 Å². The maximum absolute atomic E-state index is 12.2. The summed E-state index contributed by atoms with van der Waals surface area (Å²) in [5.41, 5.74) is 3.24. The van der Waals surface area contributed by atoms with E-state index in [2.05, 4.69) is 33.0 Å². The molecule has 2 aromatic heterocycles. The van der Waals surface area contributed by atoms with Gasteiger partial charge in [-0.2, -0.15) is 10.1 Å². The minimum absolute atomic E-state index is 0.00537. The van der Waals surface area contributed by atoms with Gasteiger partial charge in [-0.25, -0.2) is 4.98 Å². The van der Waals surface area contributed by atoms with Gasteiger partial charge >= 0.3 is 0 Å². The molecule has 0 unspecified atom stereocenters. The molecule has 1 amide bonds. The average Bonchev–Trinajstić information content (AvgIpc) is 3.47. The van der Waals surface area contributed by atoms with E-state index in [1.165, 1.54) is 24.1 Å². The molecular formula is C22H25N7O. The summed E-state index contributed by atoms with van der Waals surface area (Å²) < 4.78 is 0. The van der Waals surface area contributed by atoms with Crippen LogP contribution in [0.5, 0.6) is 0 Å². The molecule has 5 rings (SSSR count). The van der Waals surface area contributed by atoms with Crippen LogP contribution in [0.15, 0.2) is 42.5 Å². The molecule has 0 radical (unpaired) electrons. The molecule has 3 N–H and O–H groups in total. The van der Waals surface area contributed by atoms with E-state index in [-0.39, 0.29) is 11.9 Å². The second-order valence-electron chi connectivity index (χ2n) is 7.93. The zero-order valence-electron chi connectivity index (χ0n) is 16.9. The zero-order valence-corrected chi connectivity index (χ0v) is 16.9. The van der Waals surface area contributed by atoms with E-state index in [9.17, 15) is 4.79 Å². The number of carbonyl (C=O) groups excluding carboxylic acids is 1. The van der Waals surface area contributed by atoms with Crippen LogP contribution in [0.25, 0.3) is 0 Å². The Morgan fingerprint density at radius 1 is 1.13 bits per heavy atom. The highest BCUT2D eigenvalue weighted by atomic mass is 16.2. The minimum Gasteiger partial charge on any atom is -0.357 e. The number of nitrogens with one attached hydrogen (secondary N) is 3. The first-order valence-electron chi connectivity index (χ1n) is 10.4. The first-order valence-corrected chi connectivity index (χ1v) is 10.4. The molecule has 2 fully saturated rings. The van der Waals surface area contributed by atoms with Crippen molar-refractivity contribution in [1.82, 2.24) is 25.5 Å². The molecule has 1 saturated carbocycles. The van der Waals surface area contributed by atoms with Crippen molar-refractivity contribution < 1.29 is 4.79 Å². The lowest BCUT2D eigenvalue weighted by Gasteiger charge is -2.39. The minimum atomic E-state index is -0.221. The summed E-state index contributed by atoms with van der Waals surface area (Å²) in [5, 5.41) is 13.5. The Bertz CT molecular complexity index is 1040. The predicted molar refractivity (Wildman–Crippen MR) is 115 cm³/mol. The summed E-state index contributed by atoms with van der Waals surface area (Å²) in [6, 6.07) is 14.0. The maximum atomic E-state index is 12.2. The lowest BCUT2D eigenvalue weighted by Crippen LogP contribution is -2.56. The third kappa shape index (κ3) is 3.85. The summed E-state index contributed by atoms with van der Waals surface area (Å²) in [7, 11) is 1.66. The van der Waals surface area contributed by atoms with Gasteiger partial charge in [0.25, 0.3) is 0 Å². The number of hydrogen-bond donors (Lipinski definition) is 3. The van der Waals surface area contributed by atoms with Crippen molar-refractivity contribution in [2.75, 3.05) is 23.8 Å². The molecule has 1 saturated heterocycles. The molecule has 1 aliphatic heterocycles. The predicted octanol–water partition coefficient (Wildman–Crippen LogP) is 2.74. The summed E-state index contributed by atoms with van der Waals surface area (Å²) in [6.45, 7) is 0.764. The first kappa shape index (κ1) is 18.6. The lowest BCUT2D eigenvalue weighted by atomic mass is 10.0. The first-order chi connectivity index (χ1) is 14.7. The van der Waals surface area contributed by atoms with E-state index in [0.29, 0.717) is 24.1 Å². The zero-order chi connectivity index (χ0) is 20.5. The molecule has 1 aliphatic carbocycles. The number of likely N-dealkylation sites (N-methyl/N-ethyl adjacent to an activating group) is 1. The maximum Gasteiger partial charge on any atom is 0.242 e. The Hall–Kier alpha value is -3.42. The van der Waals surface area contributed by atoms with Crippen LogP contribution in [0.1, 0.15) is 42.1 Å². The van der Waals surface area contributed by atoms with E-state index >= 15 is 0 Å². The third-order valence-electron chi connectivity index (χ3n) is 5.69. The van der Waals surface area contributed by atoms with Gasteiger partial charge in [-0.1, -0.05) is 30.3 Å². The molecule has 0 spiro atoms. The van der Waals surface area contributed by atoms with Gasteiger partial charge in [-0.3, -0.25) is 9.89 Å². The van der Waals surface area contributed by atoms with Crippen molar-refractivity contribution in [2.45, 2.75) is 37.6 Å². The highest BCUT2D eigenvalue weighted by molar-refractivity contribution is 5.86. The van der Waals surface area contributed by atoms with Gasteiger partial charge < -0.3 is 15.5 Å². The average molecular weight is 403 g/mol. The van der Waals surface area contributed by atoms with Crippen LogP contribution >= 0.6 is 0 Å². The van der Waals surface area contributed by atoms with Gasteiger partial charge in [0.15, 0.2) is 5.82 Å². The fourth-order valence-corrected chi connectivity index (χ4v) is 3.77. The largest absolute Gasteiger partial charge is 0.357 e. The summed E-state index contributed by atoms with van der Waals surface area (Å²) in [5.74, 6) is 2.61. The SMILES string of the molecule is CNC(=O)[C@@H]1CCN1c1nc(Cc2ccccc2)cc(Nc2cc(C3CC3)[nH]n2)n1. The number of carbonyl (C=O) groups is 1. The summed E-state index contributed by atoms with van der Waals surface area (Å²) in [4.78, 5) is 23.6. The Morgan fingerprint density at radius 2 is 1.97 bits per heavy atom. The Labute approximate surface area is 175 Å². The van der Waals surface area contributed by atoms with Crippen molar-refractivity contribution in [1.29, 1.82) is 0 Å². The molecular weight excluding hydrogens is 378 g/mol.